The van der Waals surface area contributed by atoms with Crippen molar-refractivity contribution in [1.29, 1.82) is 0 Å². The quantitative estimate of drug-likeness (QED) is 0.282. The van der Waals surface area contributed by atoms with Gasteiger partial charge in [-0.25, -0.2) is 0 Å². The van der Waals surface area contributed by atoms with Crippen LogP contribution in [0.5, 0.6) is 0 Å². The summed E-state index contributed by atoms with van der Waals surface area (Å²) in [5, 5.41) is 14.9. The minimum absolute atomic E-state index is 0.00211. The van der Waals surface area contributed by atoms with Gasteiger partial charge in [-0.2, -0.15) is 0 Å². The summed E-state index contributed by atoms with van der Waals surface area (Å²) in [5.41, 5.74) is 0. The Morgan fingerprint density at radius 2 is 2.07 bits per heavy atom. The molecule has 7 heteroatoms. The van der Waals surface area contributed by atoms with Gasteiger partial charge in [-0.15, -0.1) is 6.58 Å². The molecule has 1 amide bonds. The summed E-state index contributed by atoms with van der Waals surface area (Å²) in [5.74, 6) is 0.294. The van der Waals surface area contributed by atoms with E-state index in [1.807, 2.05) is 32.8 Å². The standard InChI is InChI=1S/C19H34N2O4.CH2O/c1-5-6-18-14(2)13-17(16(4)25-18)21-19(23)8-7-15(3)20-9-11-24-12-10-22;1-2/h5,7-8,14-18,20,22H,1,6,9-13H2,2-4H3,(H,21,23);1H2/b8-7-;. The van der Waals surface area contributed by atoms with Gasteiger partial charge in [0, 0.05) is 18.7 Å². The highest BCUT2D eigenvalue weighted by molar-refractivity contribution is 5.87. The lowest BCUT2D eigenvalue weighted by Crippen LogP contribution is -2.50. The summed E-state index contributed by atoms with van der Waals surface area (Å²) in [6.45, 7) is 13.5. The molecule has 0 aromatic rings. The molecule has 1 rings (SSSR count). The highest BCUT2D eigenvalue weighted by Crippen LogP contribution is 2.27. The van der Waals surface area contributed by atoms with E-state index < -0.39 is 0 Å². The average Bonchev–Trinajstić information content (AvgIpc) is 2.65. The predicted molar refractivity (Wildman–Crippen MR) is 106 cm³/mol. The van der Waals surface area contributed by atoms with Crippen LogP contribution < -0.4 is 10.6 Å². The van der Waals surface area contributed by atoms with Crippen molar-refractivity contribution in [1.82, 2.24) is 10.6 Å². The number of carbonyl (C=O) groups is 2. The number of aliphatic hydroxyl groups excluding tert-OH is 1. The van der Waals surface area contributed by atoms with E-state index in [1.165, 1.54) is 0 Å². The summed E-state index contributed by atoms with van der Waals surface area (Å²) in [7, 11) is 0. The van der Waals surface area contributed by atoms with Crippen molar-refractivity contribution in [3.05, 3.63) is 24.8 Å². The van der Waals surface area contributed by atoms with Crippen molar-refractivity contribution < 1.29 is 24.2 Å². The molecule has 156 valence electrons. The lowest BCUT2D eigenvalue weighted by atomic mass is 9.88. The molecule has 0 aromatic heterocycles. The van der Waals surface area contributed by atoms with E-state index in [2.05, 4.69) is 24.1 Å². The molecule has 1 aliphatic rings. The molecule has 1 aliphatic heterocycles. The number of amides is 1. The van der Waals surface area contributed by atoms with E-state index >= 15 is 0 Å². The molecule has 0 aliphatic carbocycles. The first-order chi connectivity index (χ1) is 13.0. The van der Waals surface area contributed by atoms with Gasteiger partial charge in [0.25, 0.3) is 0 Å². The van der Waals surface area contributed by atoms with Crippen LogP contribution in [0.1, 0.15) is 33.6 Å². The van der Waals surface area contributed by atoms with Gasteiger partial charge in [0.15, 0.2) is 0 Å². The van der Waals surface area contributed by atoms with Crippen molar-refractivity contribution in [2.45, 2.75) is 57.9 Å². The van der Waals surface area contributed by atoms with Crippen LogP contribution >= 0.6 is 0 Å². The van der Waals surface area contributed by atoms with Crippen molar-refractivity contribution in [3.8, 4) is 0 Å². The van der Waals surface area contributed by atoms with E-state index in [1.54, 1.807) is 6.08 Å². The Morgan fingerprint density at radius 1 is 1.37 bits per heavy atom. The second-order valence-corrected chi connectivity index (χ2v) is 6.67. The topological polar surface area (TPSA) is 96.9 Å². The van der Waals surface area contributed by atoms with Gasteiger partial charge < -0.3 is 30.0 Å². The van der Waals surface area contributed by atoms with E-state index in [0.717, 1.165) is 12.8 Å². The van der Waals surface area contributed by atoms with Gasteiger partial charge >= 0.3 is 0 Å². The fourth-order valence-electron chi connectivity index (χ4n) is 2.93. The van der Waals surface area contributed by atoms with Crippen LogP contribution in [-0.4, -0.2) is 68.5 Å². The average molecular weight is 385 g/mol. The molecule has 0 bridgehead atoms. The number of carbonyl (C=O) groups excluding carboxylic acids is 2. The third kappa shape index (κ3) is 11.0. The zero-order valence-corrected chi connectivity index (χ0v) is 16.9. The molecule has 27 heavy (non-hydrogen) atoms. The maximum Gasteiger partial charge on any atom is 0.244 e. The van der Waals surface area contributed by atoms with Gasteiger partial charge in [0.1, 0.15) is 6.79 Å². The van der Waals surface area contributed by atoms with Crippen LogP contribution in [0, 0.1) is 5.92 Å². The van der Waals surface area contributed by atoms with E-state index in [0.29, 0.717) is 25.7 Å². The zero-order chi connectivity index (χ0) is 20.7. The highest BCUT2D eigenvalue weighted by Gasteiger charge is 2.33. The highest BCUT2D eigenvalue weighted by atomic mass is 16.5. The summed E-state index contributed by atoms with van der Waals surface area (Å²) in [6.07, 6.45) is 7.23. The molecule has 3 N–H and O–H groups in total. The maximum atomic E-state index is 12.1. The first kappa shape index (κ1) is 25.5. The molecule has 1 heterocycles. The smallest absolute Gasteiger partial charge is 0.244 e. The Labute approximate surface area is 163 Å². The summed E-state index contributed by atoms with van der Waals surface area (Å²) < 4.78 is 11.2. The fourth-order valence-corrected chi connectivity index (χ4v) is 2.93. The number of hydrogen-bond acceptors (Lipinski definition) is 6. The summed E-state index contributed by atoms with van der Waals surface area (Å²) >= 11 is 0. The molecule has 5 atom stereocenters. The second-order valence-electron chi connectivity index (χ2n) is 6.67. The minimum atomic E-state index is -0.0972. The van der Waals surface area contributed by atoms with Gasteiger partial charge in [0.2, 0.25) is 5.91 Å². The number of nitrogens with one attached hydrogen (secondary N) is 2. The van der Waals surface area contributed by atoms with Crippen LogP contribution in [0.15, 0.2) is 24.8 Å². The Morgan fingerprint density at radius 3 is 2.70 bits per heavy atom. The SMILES string of the molecule is C=CCC1OC(C)C(NC(=O)/C=C\C(C)NCCOCCO)CC1C.C=O. The number of hydrogen-bond donors (Lipinski definition) is 3. The monoisotopic (exact) mass is 384 g/mol. The summed E-state index contributed by atoms with van der Waals surface area (Å²) in [6, 6.07) is 0.0998. The molecule has 5 unspecified atom stereocenters. The second kappa shape index (κ2) is 15.5. The van der Waals surface area contributed by atoms with Gasteiger partial charge in [-0.3, -0.25) is 4.79 Å². The fraction of sp³-hybridized carbons (Fsp3) is 0.700. The Balaban J connectivity index is 0.00000326. The van der Waals surface area contributed by atoms with Gasteiger partial charge in [-0.05, 0) is 32.6 Å². The molecular formula is C20H36N2O5. The minimum Gasteiger partial charge on any atom is -0.394 e. The Bertz CT molecular complexity index is 444. The van der Waals surface area contributed by atoms with Crippen molar-refractivity contribution in [2.24, 2.45) is 5.92 Å². The van der Waals surface area contributed by atoms with Crippen molar-refractivity contribution in [2.75, 3.05) is 26.4 Å². The molecule has 1 fully saturated rings. The first-order valence-electron chi connectivity index (χ1n) is 9.43. The molecule has 0 radical (unpaired) electrons. The summed E-state index contributed by atoms with van der Waals surface area (Å²) in [4.78, 5) is 20.1. The molecule has 0 saturated carbocycles. The third-order valence-corrected chi connectivity index (χ3v) is 4.43. The number of rotatable bonds is 11. The zero-order valence-electron chi connectivity index (χ0n) is 16.9. The first-order valence-corrected chi connectivity index (χ1v) is 9.43. The number of ether oxygens (including phenoxy) is 2. The normalized spacial score (nSPS) is 26.1. The van der Waals surface area contributed by atoms with Crippen molar-refractivity contribution >= 4 is 12.7 Å². The van der Waals surface area contributed by atoms with Gasteiger partial charge in [-0.1, -0.05) is 19.1 Å². The molecule has 7 nitrogen and oxygen atoms in total. The van der Waals surface area contributed by atoms with Crippen molar-refractivity contribution in [3.63, 3.8) is 0 Å². The van der Waals surface area contributed by atoms with Crippen LogP contribution in [0.2, 0.25) is 0 Å². The molecule has 1 saturated heterocycles. The molecular weight excluding hydrogens is 348 g/mol. The Hall–Kier alpha value is -1.54. The lowest BCUT2D eigenvalue weighted by molar-refractivity contribution is -0.123. The largest absolute Gasteiger partial charge is 0.394 e. The van der Waals surface area contributed by atoms with Gasteiger partial charge in [0.05, 0.1) is 38.1 Å². The van der Waals surface area contributed by atoms with E-state index in [9.17, 15) is 4.79 Å². The van der Waals surface area contributed by atoms with Crippen LogP contribution in [0.4, 0.5) is 0 Å². The van der Waals surface area contributed by atoms with Crippen LogP contribution in [0.3, 0.4) is 0 Å². The predicted octanol–water partition coefficient (Wildman–Crippen LogP) is 1.22. The Kier molecular flexibility index (Phi) is 14.6. The lowest BCUT2D eigenvalue weighted by Gasteiger charge is -2.39. The van der Waals surface area contributed by atoms with E-state index in [-0.39, 0.29) is 36.8 Å². The third-order valence-electron chi connectivity index (χ3n) is 4.43. The maximum absolute atomic E-state index is 12.1. The van der Waals surface area contributed by atoms with Crippen LogP contribution in [0.25, 0.3) is 0 Å². The van der Waals surface area contributed by atoms with E-state index in [4.69, 9.17) is 19.4 Å². The van der Waals surface area contributed by atoms with Crippen LogP contribution in [-0.2, 0) is 19.1 Å². The molecule has 0 aromatic carbocycles. The number of aliphatic hydroxyl groups is 1. The molecule has 0 spiro atoms.